The maximum Gasteiger partial charge on any atom is 0.0344 e. The lowest BCUT2D eigenvalue weighted by Gasteiger charge is -2.22. The zero-order chi connectivity index (χ0) is 12.3. The Labute approximate surface area is 106 Å². The second kappa shape index (κ2) is 5.12. The molecule has 0 aliphatic heterocycles. The van der Waals surface area contributed by atoms with E-state index in [1.54, 1.807) is 0 Å². The number of nitrogens with one attached hydrogen (secondary N) is 1. The maximum atomic E-state index is 3.70. The Morgan fingerprint density at radius 3 is 2.76 bits per heavy atom. The smallest absolute Gasteiger partial charge is 0.0344 e. The predicted molar refractivity (Wildman–Crippen MR) is 75.5 cm³/mol. The normalized spacial score (nSPS) is 24.1. The minimum absolute atomic E-state index is 0.545. The average molecular weight is 231 g/mol. The fourth-order valence-corrected chi connectivity index (χ4v) is 2.78. The first-order valence-electron chi connectivity index (χ1n) is 6.88. The summed E-state index contributed by atoms with van der Waals surface area (Å²) in [5.41, 5.74) is 3.17. The minimum Gasteiger partial charge on any atom is -0.382 e. The van der Waals surface area contributed by atoms with Crippen LogP contribution in [0.2, 0.25) is 0 Å². The second-order valence-corrected chi connectivity index (χ2v) is 6.31. The van der Waals surface area contributed by atoms with Gasteiger partial charge in [-0.05, 0) is 55.7 Å². The van der Waals surface area contributed by atoms with E-state index in [0.29, 0.717) is 11.5 Å². The van der Waals surface area contributed by atoms with E-state index in [1.165, 1.54) is 43.4 Å². The molecule has 0 amide bonds. The third-order valence-corrected chi connectivity index (χ3v) is 3.96. The van der Waals surface area contributed by atoms with Gasteiger partial charge in [0.15, 0.2) is 0 Å². The Morgan fingerprint density at radius 2 is 2.00 bits per heavy atom. The Morgan fingerprint density at radius 1 is 1.18 bits per heavy atom. The van der Waals surface area contributed by atoms with Gasteiger partial charge in [-0.3, -0.25) is 0 Å². The van der Waals surface area contributed by atoms with Crippen molar-refractivity contribution < 1.29 is 0 Å². The van der Waals surface area contributed by atoms with Crippen molar-refractivity contribution in [1.29, 1.82) is 0 Å². The predicted octanol–water partition coefficient (Wildman–Crippen LogP) is 4.77. The molecule has 1 saturated carbocycles. The van der Waals surface area contributed by atoms with E-state index in [-0.39, 0.29) is 0 Å². The van der Waals surface area contributed by atoms with E-state index in [0.717, 1.165) is 0 Å². The van der Waals surface area contributed by atoms with Crippen molar-refractivity contribution in [3.63, 3.8) is 0 Å². The standard InChI is InChI=1S/C16H25N/c1-13-6-4-7-15(12-13)17-14-8-5-10-16(2,3)11-9-14/h4,6-7,12,14,17H,5,8-11H2,1-3H3. The van der Waals surface area contributed by atoms with Crippen LogP contribution in [-0.4, -0.2) is 6.04 Å². The molecule has 1 aromatic carbocycles. The molecule has 1 nitrogen and oxygen atoms in total. The molecule has 1 unspecified atom stereocenters. The monoisotopic (exact) mass is 231 g/mol. The van der Waals surface area contributed by atoms with Gasteiger partial charge in [-0.25, -0.2) is 0 Å². The topological polar surface area (TPSA) is 12.0 Å². The minimum atomic E-state index is 0.545. The Bertz CT molecular complexity index is 368. The molecule has 0 spiro atoms. The van der Waals surface area contributed by atoms with Crippen molar-refractivity contribution in [3.05, 3.63) is 29.8 Å². The third-order valence-electron chi connectivity index (χ3n) is 3.96. The van der Waals surface area contributed by atoms with Gasteiger partial charge in [-0.15, -0.1) is 0 Å². The number of hydrogen-bond acceptors (Lipinski definition) is 1. The molecule has 0 aromatic heterocycles. The number of aryl methyl sites for hydroxylation is 1. The highest BCUT2D eigenvalue weighted by molar-refractivity contribution is 5.46. The summed E-state index contributed by atoms with van der Waals surface area (Å²) >= 11 is 0. The number of hydrogen-bond donors (Lipinski definition) is 1. The van der Waals surface area contributed by atoms with Crippen molar-refractivity contribution in [2.45, 2.75) is 58.9 Å². The largest absolute Gasteiger partial charge is 0.382 e. The molecule has 1 aliphatic carbocycles. The van der Waals surface area contributed by atoms with E-state index < -0.39 is 0 Å². The SMILES string of the molecule is Cc1cccc(NC2CCCC(C)(C)CC2)c1. The van der Waals surface area contributed by atoms with Gasteiger partial charge in [0.2, 0.25) is 0 Å². The molecule has 0 radical (unpaired) electrons. The van der Waals surface area contributed by atoms with Crippen LogP contribution in [0.15, 0.2) is 24.3 Å². The summed E-state index contributed by atoms with van der Waals surface area (Å²) in [5.74, 6) is 0. The van der Waals surface area contributed by atoms with Gasteiger partial charge in [0.05, 0.1) is 0 Å². The van der Waals surface area contributed by atoms with E-state index in [4.69, 9.17) is 0 Å². The van der Waals surface area contributed by atoms with Crippen LogP contribution in [0.25, 0.3) is 0 Å². The van der Waals surface area contributed by atoms with Crippen LogP contribution >= 0.6 is 0 Å². The highest BCUT2D eigenvalue weighted by atomic mass is 14.9. The van der Waals surface area contributed by atoms with Gasteiger partial charge in [-0.1, -0.05) is 32.4 Å². The van der Waals surface area contributed by atoms with Crippen molar-refractivity contribution >= 4 is 5.69 Å². The van der Waals surface area contributed by atoms with Crippen molar-refractivity contribution in [3.8, 4) is 0 Å². The third kappa shape index (κ3) is 3.76. The lowest BCUT2D eigenvalue weighted by atomic mass is 9.85. The van der Waals surface area contributed by atoms with Gasteiger partial charge in [0, 0.05) is 11.7 Å². The van der Waals surface area contributed by atoms with Crippen LogP contribution in [-0.2, 0) is 0 Å². The van der Waals surface area contributed by atoms with Crippen molar-refractivity contribution in [1.82, 2.24) is 0 Å². The van der Waals surface area contributed by atoms with Crippen LogP contribution in [0.5, 0.6) is 0 Å². The molecule has 94 valence electrons. The maximum absolute atomic E-state index is 3.70. The molecule has 0 saturated heterocycles. The van der Waals surface area contributed by atoms with E-state index in [2.05, 4.69) is 50.4 Å². The average Bonchev–Trinajstić information content (AvgIpc) is 2.41. The molecule has 0 bridgehead atoms. The summed E-state index contributed by atoms with van der Waals surface area (Å²) in [7, 11) is 0. The zero-order valence-corrected chi connectivity index (χ0v) is 11.4. The Kier molecular flexibility index (Phi) is 3.76. The van der Waals surface area contributed by atoms with Crippen LogP contribution in [0.4, 0.5) is 5.69 Å². The first kappa shape index (κ1) is 12.5. The summed E-state index contributed by atoms with van der Waals surface area (Å²) in [6, 6.07) is 9.39. The summed E-state index contributed by atoms with van der Waals surface area (Å²) in [4.78, 5) is 0. The van der Waals surface area contributed by atoms with Crippen LogP contribution < -0.4 is 5.32 Å². The van der Waals surface area contributed by atoms with Crippen LogP contribution in [0.3, 0.4) is 0 Å². The summed E-state index contributed by atoms with van der Waals surface area (Å²) in [5, 5.41) is 3.70. The van der Waals surface area contributed by atoms with Gasteiger partial charge in [-0.2, -0.15) is 0 Å². The quantitative estimate of drug-likeness (QED) is 0.723. The molecule has 2 rings (SSSR count). The number of rotatable bonds is 2. The first-order chi connectivity index (χ1) is 8.05. The summed E-state index contributed by atoms with van der Waals surface area (Å²) < 4.78 is 0. The molecule has 1 heteroatoms. The molecule has 1 aliphatic rings. The molecular formula is C16H25N. The van der Waals surface area contributed by atoms with E-state index in [1.807, 2.05) is 0 Å². The highest BCUT2D eigenvalue weighted by Crippen LogP contribution is 2.34. The van der Waals surface area contributed by atoms with E-state index in [9.17, 15) is 0 Å². The Balaban J connectivity index is 1.95. The molecule has 1 aromatic rings. The molecule has 0 heterocycles. The second-order valence-electron chi connectivity index (χ2n) is 6.31. The number of anilines is 1. The molecule has 1 fully saturated rings. The molecule has 17 heavy (non-hydrogen) atoms. The number of benzene rings is 1. The van der Waals surface area contributed by atoms with Crippen molar-refractivity contribution in [2.24, 2.45) is 5.41 Å². The molecular weight excluding hydrogens is 206 g/mol. The fourth-order valence-electron chi connectivity index (χ4n) is 2.78. The van der Waals surface area contributed by atoms with Crippen LogP contribution in [0.1, 0.15) is 51.5 Å². The highest BCUT2D eigenvalue weighted by Gasteiger charge is 2.24. The summed E-state index contributed by atoms with van der Waals surface area (Å²) in [6.07, 6.45) is 6.70. The van der Waals surface area contributed by atoms with Crippen LogP contribution in [0, 0.1) is 12.3 Å². The van der Waals surface area contributed by atoms with E-state index >= 15 is 0 Å². The molecule has 1 atom stereocenters. The Hall–Kier alpha value is -0.980. The van der Waals surface area contributed by atoms with Gasteiger partial charge in [0.25, 0.3) is 0 Å². The van der Waals surface area contributed by atoms with Gasteiger partial charge < -0.3 is 5.32 Å². The zero-order valence-electron chi connectivity index (χ0n) is 11.4. The lowest BCUT2D eigenvalue weighted by Crippen LogP contribution is -2.19. The van der Waals surface area contributed by atoms with Gasteiger partial charge >= 0.3 is 0 Å². The van der Waals surface area contributed by atoms with Crippen molar-refractivity contribution in [2.75, 3.05) is 5.32 Å². The molecule has 1 N–H and O–H groups in total. The van der Waals surface area contributed by atoms with Gasteiger partial charge in [0.1, 0.15) is 0 Å². The summed E-state index contributed by atoms with van der Waals surface area (Å²) in [6.45, 7) is 6.96. The fraction of sp³-hybridized carbons (Fsp3) is 0.625. The lowest BCUT2D eigenvalue weighted by molar-refractivity contribution is 0.313. The first-order valence-corrected chi connectivity index (χ1v) is 6.88.